The molecule has 1 unspecified atom stereocenters. The highest BCUT2D eigenvalue weighted by atomic mass is 79.9. The van der Waals surface area contributed by atoms with Crippen LogP contribution >= 0.6 is 15.9 Å². The largest absolute Gasteiger partial charge is 0.313 e. The van der Waals surface area contributed by atoms with Crippen molar-refractivity contribution in [2.75, 3.05) is 7.05 Å². The van der Waals surface area contributed by atoms with Gasteiger partial charge in [0.1, 0.15) is 11.6 Å². The lowest BCUT2D eigenvalue weighted by atomic mass is 9.87. The summed E-state index contributed by atoms with van der Waals surface area (Å²) in [6.45, 7) is 0. The quantitative estimate of drug-likeness (QED) is 0.772. The maximum atomic E-state index is 14.1. The molecule has 1 N–H and O–H groups in total. The van der Waals surface area contributed by atoms with Gasteiger partial charge in [0.2, 0.25) is 0 Å². The van der Waals surface area contributed by atoms with Crippen LogP contribution in [0.15, 0.2) is 16.6 Å². The molecule has 0 radical (unpaired) electrons. The van der Waals surface area contributed by atoms with Crippen LogP contribution in [0.3, 0.4) is 0 Å². The van der Waals surface area contributed by atoms with Crippen molar-refractivity contribution in [2.24, 2.45) is 5.92 Å². The van der Waals surface area contributed by atoms with Crippen molar-refractivity contribution in [3.05, 3.63) is 33.8 Å². The molecular weight excluding hydrogens is 312 g/mol. The molecule has 106 valence electrons. The molecule has 0 aromatic heterocycles. The molecular formula is C15H20BrF2N. The minimum Gasteiger partial charge on any atom is -0.313 e. The maximum absolute atomic E-state index is 14.1. The Balaban J connectivity index is 2.30. The van der Waals surface area contributed by atoms with Gasteiger partial charge in [-0.25, -0.2) is 8.78 Å². The maximum Gasteiger partial charge on any atom is 0.132 e. The van der Waals surface area contributed by atoms with Gasteiger partial charge in [-0.15, -0.1) is 0 Å². The van der Waals surface area contributed by atoms with Crippen molar-refractivity contribution in [1.82, 2.24) is 5.32 Å². The van der Waals surface area contributed by atoms with Gasteiger partial charge in [-0.3, -0.25) is 0 Å². The summed E-state index contributed by atoms with van der Waals surface area (Å²) in [5.41, 5.74) is 0.192. The van der Waals surface area contributed by atoms with Crippen molar-refractivity contribution in [3.63, 3.8) is 0 Å². The molecule has 1 aromatic carbocycles. The van der Waals surface area contributed by atoms with Crippen molar-refractivity contribution < 1.29 is 8.78 Å². The second kappa shape index (κ2) is 6.80. The molecule has 4 heteroatoms. The molecule has 1 aliphatic carbocycles. The Labute approximate surface area is 121 Å². The molecule has 0 spiro atoms. The fourth-order valence-electron chi connectivity index (χ4n) is 3.11. The first-order chi connectivity index (χ1) is 9.13. The van der Waals surface area contributed by atoms with E-state index >= 15 is 0 Å². The van der Waals surface area contributed by atoms with Gasteiger partial charge in [-0.05, 0) is 37.9 Å². The molecule has 2 rings (SSSR count). The number of hydrogen-bond acceptors (Lipinski definition) is 1. The Bertz CT molecular complexity index is 405. The smallest absolute Gasteiger partial charge is 0.132 e. The number of rotatable bonds is 3. The lowest BCUT2D eigenvalue weighted by Crippen LogP contribution is -2.27. The Hall–Kier alpha value is -0.480. The monoisotopic (exact) mass is 331 g/mol. The van der Waals surface area contributed by atoms with E-state index in [1.807, 2.05) is 0 Å². The Morgan fingerprint density at radius 3 is 2.11 bits per heavy atom. The Morgan fingerprint density at radius 1 is 1.11 bits per heavy atom. The van der Waals surface area contributed by atoms with Crippen LogP contribution in [0.2, 0.25) is 0 Å². The summed E-state index contributed by atoms with van der Waals surface area (Å²) in [6, 6.07) is 2.46. The number of nitrogens with one attached hydrogen (secondary N) is 1. The van der Waals surface area contributed by atoms with E-state index in [9.17, 15) is 8.78 Å². The summed E-state index contributed by atoms with van der Waals surface area (Å²) in [5, 5.41) is 3.12. The van der Waals surface area contributed by atoms with E-state index in [4.69, 9.17) is 0 Å². The van der Waals surface area contributed by atoms with Gasteiger partial charge < -0.3 is 5.32 Å². The Kier molecular flexibility index (Phi) is 5.34. The highest BCUT2D eigenvalue weighted by Crippen LogP contribution is 2.36. The van der Waals surface area contributed by atoms with E-state index < -0.39 is 11.6 Å². The van der Waals surface area contributed by atoms with E-state index in [-0.39, 0.29) is 11.6 Å². The molecule has 0 aliphatic heterocycles. The van der Waals surface area contributed by atoms with Crippen LogP contribution in [0.1, 0.15) is 50.1 Å². The lowest BCUT2D eigenvalue weighted by molar-refractivity contribution is 0.323. The highest BCUT2D eigenvalue weighted by molar-refractivity contribution is 9.10. The topological polar surface area (TPSA) is 12.0 Å². The molecule has 1 nitrogen and oxygen atoms in total. The van der Waals surface area contributed by atoms with Crippen molar-refractivity contribution in [2.45, 2.75) is 44.6 Å². The first kappa shape index (κ1) is 14.9. The van der Waals surface area contributed by atoms with Crippen LogP contribution in [0.5, 0.6) is 0 Å². The van der Waals surface area contributed by atoms with Gasteiger partial charge in [0.15, 0.2) is 0 Å². The predicted molar refractivity (Wildman–Crippen MR) is 77.1 cm³/mol. The molecule has 1 atom stereocenters. The first-order valence-corrected chi connectivity index (χ1v) is 7.74. The van der Waals surface area contributed by atoms with Crippen molar-refractivity contribution in [3.8, 4) is 0 Å². The number of benzene rings is 1. The van der Waals surface area contributed by atoms with Crippen LogP contribution in [-0.2, 0) is 0 Å². The molecule has 1 fully saturated rings. The van der Waals surface area contributed by atoms with Gasteiger partial charge in [-0.2, -0.15) is 0 Å². The SMILES string of the molecule is CNC(c1c(F)cc(Br)cc1F)C1CCCCCC1. The van der Waals surface area contributed by atoms with E-state index in [1.165, 1.54) is 25.0 Å². The van der Waals surface area contributed by atoms with Crippen LogP contribution in [-0.4, -0.2) is 7.05 Å². The molecule has 1 aliphatic rings. The molecule has 1 aromatic rings. The van der Waals surface area contributed by atoms with Crippen molar-refractivity contribution >= 4 is 15.9 Å². The summed E-state index contributed by atoms with van der Waals surface area (Å²) in [4.78, 5) is 0. The summed E-state index contributed by atoms with van der Waals surface area (Å²) in [7, 11) is 1.79. The second-order valence-electron chi connectivity index (χ2n) is 5.30. The van der Waals surface area contributed by atoms with Gasteiger partial charge in [0.05, 0.1) is 0 Å². The van der Waals surface area contributed by atoms with E-state index in [0.717, 1.165) is 25.7 Å². The Morgan fingerprint density at radius 2 is 1.63 bits per heavy atom. The first-order valence-electron chi connectivity index (χ1n) is 6.95. The van der Waals surface area contributed by atoms with Crippen LogP contribution in [0.4, 0.5) is 8.78 Å². The summed E-state index contributed by atoms with van der Waals surface area (Å²) < 4.78 is 28.6. The normalized spacial score (nSPS) is 19.2. The second-order valence-corrected chi connectivity index (χ2v) is 6.22. The average Bonchev–Trinajstić information content (AvgIpc) is 2.62. The zero-order chi connectivity index (χ0) is 13.8. The van der Waals surface area contributed by atoms with E-state index in [0.29, 0.717) is 10.4 Å². The van der Waals surface area contributed by atoms with E-state index in [2.05, 4.69) is 21.2 Å². The molecule has 0 bridgehead atoms. The molecule has 0 heterocycles. The lowest BCUT2D eigenvalue weighted by Gasteiger charge is -2.27. The molecule has 19 heavy (non-hydrogen) atoms. The standard InChI is InChI=1S/C15H20BrF2N/c1-19-15(10-6-4-2-3-5-7-10)14-12(17)8-11(16)9-13(14)18/h8-10,15,19H,2-7H2,1H3. The fraction of sp³-hybridized carbons (Fsp3) is 0.600. The minimum absolute atomic E-state index is 0.192. The van der Waals surface area contributed by atoms with Crippen LogP contribution in [0, 0.1) is 17.6 Å². The highest BCUT2D eigenvalue weighted by Gasteiger charge is 2.28. The summed E-state index contributed by atoms with van der Waals surface area (Å²) >= 11 is 3.13. The zero-order valence-corrected chi connectivity index (χ0v) is 12.8. The summed E-state index contributed by atoms with van der Waals surface area (Å²) in [6.07, 6.45) is 6.86. The number of halogens is 3. The molecule has 0 saturated heterocycles. The zero-order valence-electron chi connectivity index (χ0n) is 11.2. The van der Waals surface area contributed by atoms with Gasteiger partial charge in [0, 0.05) is 16.1 Å². The van der Waals surface area contributed by atoms with Gasteiger partial charge in [0.25, 0.3) is 0 Å². The third-order valence-corrected chi connectivity index (χ3v) is 4.49. The molecule has 1 saturated carbocycles. The van der Waals surface area contributed by atoms with Crippen LogP contribution in [0.25, 0.3) is 0 Å². The summed E-state index contributed by atoms with van der Waals surface area (Å²) in [5.74, 6) is -0.608. The third kappa shape index (κ3) is 3.54. The van der Waals surface area contributed by atoms with Crippen LogP contribution < -0.4 is 5.32 Å². The predicted octanol–water partition coefficient (Wildman–Crippen LogP) is 4.96. The average molecular weight is 332 g/mol. The van der Waals surface area contributed by atoms with E-state index in [1.54, 1.807) is 7.05 Å². The fourth-order valence-corrected chi connectivity index (χ4v) is 3.51. The third-order valence-electron chi connectivity index (χ3n) is 4.04. The van der Waals surface area contributed by atoms with Crippen molar-refractivity contribution in [1.29, 1.82) is 0 Å². The van der Waals surface area contributed by atoms with Gasteiger partial charge >= 0.3 is 0 Å². The molecule has 0 amide bonds. The van der Waals surface area contributed by atoms with Gasteiger partial charge in [-0.1, -0.05) is 41.6 Å². The minimum atomic E-state index is -0.463. The number of hydrogen-bond donors (Lipinski definition) is 1.